The molecule has 1 rings (SSSR count). The van der Waals surface area contributed by atoms with Gasteiger partial charge in [0.2, 0.25) is 0 Å². The zero-order chi connectivity index (χ0) is 13.4. The van der Waals surface area contributed by atoms with Crippen molar-refractivity contribution in [2.45, 2.75) is 38.4 Å². The van der Waals surface area contributed by atoms with Crippen LogP contribution in [0.2, 0.25) is 0 Å². The summed E-state index contributed by atoms with van der Waals surface area (Å²) in [6.45, 7) is 6.16. The molecule has 18 heavy (non-hydrogen) atoms. The van der Waals surface area contributed by atoms with Gasteiger partial charge in [-0.2, -0.15) is 0 Å². The number of carboxylic acids is 1. The monoisotopic (exact) mass is 272 g/mol. The van der Waals surface area contributed by atoms with E-state index in [9.17, 15) is 4.79 Å². The van der Waals surface area contributed by atoms with Crippen LogP contribution in [0.15, 0.2) is 11.4 Å². The van der Waals surface area contributed by atoms with Gasteiger partial charge in [-0.15, -0.1) is 0 Å². The Bertz CT molecular complexity index is 379. The topological polar surface area (TPSA) is 64.4 Å². The van der Waals surface area contributed by atoms with E-state index in [1.54, 1.807) is 0 Å². The first-order valence-electron chi connectivity index (χ1n) is 6.09. The first kappa shape index (κ1) is 15.0. The Morgan fingerprint density at radius 2 is 2.33 bits per heavy atom. The highest BCUT2D eigenvalue weighted by molar-refractivity contribution is 7.99. The summed E-state index contributed by atoms with van der Waals surface area (Å²) >= 11 is 1.24. The highest BCUT2D eigenvalue weighted by Gasteiger charge is 2.08. The largest absolute Gasteiger partial charge is 0.481 e. The summed E-state index contributed by atoms with van der Waals surface area (Å²) in [4.78, 5) is 14.8. The van der Waals surface area contributed by atoms with Gasteiger partial charge in [-0.3, -0.25) is 4.79 Å². The Kier molecular flexibility index (Phi) is 6.82. The third-order valence-electron chi connectivity index (χ3n) is 2.30. The van der Waals surface area contributed by atoms with Crippen LogP contribution in [-0.4, -0.2) is 39.6 Å². The molecule has 5 nitrogen and oxygen atoms in total. The maximum Gasteiger partial charge on any atom is 0.313 e. The van der Waals surface area contributed by atoms with Gasteiger partial charge in [0.15, 0.2) is 5.16 Å². The molecule has 1 N–H and O–H groups in total. The average molecular weight is 272 g/mol. The summed E-state index contributed by atoms with van der Waals surface area (Å²) in [6, 6.07) is 0. The minimum Gasteiger partial charge on any atom is -0.481 e. The lowest BCUT2D eigenvalue weighted by atomic mass is 10.4. The van der Waals surface area contributed by atoms with Crippen LogP contribution in [0.1, 0.15) is 25.5 Å². The number of nitrogens with zero attached hydrogens (tertiary/aromatic N) is 2. The fourth-order valence-corrected chi connectivity index (χ4v) is 2.21. The van der Waals surface area contributed by atoms with Crippen molar-refractivity contribution >= 4 is 17.7 Å². The molecule has 102 valence electrons. The Labute approximate surface area is 112 Å². The lowest BCUT2D eigenvalue weighted by Crippen LogP contribution is -2.08. The predicted octanol–water partition coefficient (Wildman–Crippen LogP) is 2.18. The van der Waals surface area contributed by atoms with Gasteiger partial charge < -0.3 is 14.4 Å². The molecular formula is C12H20N2O3S. The minimum atomic E-state index is -0.827. The number of hydrogen-bond acceptors (Lipinski definition) is 4. The lowest BCUT2D eigenvalue weighted by molar-refractivity contribution is -0.133. The first-order chi connectivity index (χ1) is 8.63. The van der Waals surface area contributed by atoms with Crippen LogP contribution in [-0.2, 0) is 16.1 Å². The number of carbonyl (C=O) groups is 1. The molecule has 0 amide bonds. The van der Waals surface area contributed by atoms with E-state index < -0.39 is 5.97 Å². The van der Waals surface area contributed by atoms with E-state index in [0.29, 0.717) is 13.2 Å². The zero-order valence-corrected chi connectivity index (χ0v) is 11.7. The molecule has 1 heterocycles. The Hall–Kier alpha value is -1.01. The van der Waals surface area contributed by atoms with Crippen LogP contribution in [0.4, 0.5) is 0 Å². The number of aromatic nitrogens is 2. The predicted molar refractivity (Wildman–Crippen MR) is 71.1 cm³/mol. The summed E-state index contributed by atoms with van der Waals surface area (Å²) in [5, 5.41) is 9.41. The number of aryl methyl sites for hydroxylation is 1. The Balaban J connectivity index is 2.40. The molecule has 0 atom stereocenters. The molecule has 0 aliphatic heterocycles. The molecular weight excluding hydrogens is 252 g/mol. The quantitative estimate of drug-likeness (QED) is 0.551. The van der Waals surface area contributed by atoms with Crippen LogP contribution >= 0.6 is 11.8 Å². The third kappa shape index (κ3) is 5.55. The molecule has 0 radical (unpaired) electrons. The standard InChI is InChI=1S/C12H20N2O3S/c1-3-4-6-17-7-5-14-8-10(2)13-12(14)18-9-11(15)16/h8H,3-7,9H2,1-2H3,(H,15,16). The van der Waals surface area contributed by atoms with Crippen LogP contribution < -0.4 is 0 Å². The van der Waals surface area contributed by atoms with Crippen LogP contribution in [0.3, 0.4) is 0 Å². The van der Waals surface area contributed by atoms with Gasteiger partial charge in [0.1, 0.15) is 0 Å². The molecule has 1 aromatic heterocycles. The Morgan fingerprint density at radius 1 is 1.56 bits per heavy atom. The SMILES string of the molecule is CCCCOCCn1cc(C)nc1SCC(=O)O. The zero-order valence-electron chi connectivity index (χ0n) is 10.9. The van der Waals surface area contributed by atoms with E-state index in [-0.39, 0.29) is 5.75 Å². The van der Waals surface area contributed by atoms with E-state index in [1.165, 1.54) is 11.8 Å². The number of rotatable bonds is 9. The van der Waals surface area contributed by atoms with Gasteiger partial charge in [-0.25, -0.2) is 4.98 Å². The van der Waals surface area contributed by atoms with Crippen molar-refractivity contribution in [1.29, 1.82) is 0 Å². The number of imidazole rings is 1. The number of ether oxygens (including phenoxy) is 1. The number of unbranched alkanes of at least 4 members (excludes halogenated alkanes) is 1. The van der Waals surface area contributed by atoms with Crippen molar-refractivity contribution < 1.29 is 14.6 Å². The van der Waals surface area contributed by atoms with Crippen molar-refractivity contribution in [1.82, 2.24) is 9.55 Å². The van der Waals surface area contributed by atoms with Gasteiger partial charge in [0, 0.05) is 19.3 Å². The molecule has 0 bridgehead atoms. The van der Waals surface area contributed by atoms with E-state index in [1.807, 2.05) is 17.7 Å². The van der Waals surface area contributed by atoms with Crippen LogP contribution in [0.25, 0.3) is 0 Å². The highest BCUT2D eigenvalue weighted by Crippen LogP contribution is 2.17. The van der Waals surface area contributed by atoms with E-state index in [4.69, 9.17) is 9.84 Å². The molecule has 0 fully saturated rings. The number of hydrogen-bond donors (Lipinski definition) is 1. The van der Waals surface area contributed by atoms with Crippen molar-refractivity contribution in [3.63, 3.8) is 0 Å². The molecule has 0 saturated heterocycles. The second-order valence-corrected chi connectivity index (χ2v) is 4.95. The van der Waals surface area contributed by atoms with Gasteiger partial charge in [-0.05, 0) is 13.3 Å². The van der Waals surface area contributed by atoms with Crippen molar-refractivity contribution in [2.75, 3.05) is 19.0 Å². The second kappa shape index (κ2) is 8.16. The minimum absolute atomic E-state index is 0.0349. The number of thioether (sulfide) groups is 1. The molecule has 0 aliphatic rings. The van der Waals surface area contributed by atoms with Gasteiger partial charge in [0.05, 0.1) is 18.1 Å². The summed E-state index contributed by atoms with van der Waals surface area (Å²) < 4.78 is 7.45. The summed E-state index contributed by atoms with van der Waals surface area (Å²) in [5.41, 5.74) is 0.899. The Morgan fingerprint density at radius 3 is 3.00 bits per heavy atom. The fraction of sp³-hybridized carbons (Fsp3) is 0.667. The number of carboxylic acid groups (broad SMARTS) is 1. The summed E-state index contributed by atoms with van der Waals surface area (Å²) in [6.07, 6.45) is 4.13. The molecule has 6 heteroatoms. The molecule has 1 aromatic rings. The van der Waals surface area contributed by atoms with Gasteiger partial charge >= 0.3 is 5.97 Å². The molecule has 0 spiro atoms. The smallest absolute Gasteiger partial charge is 0.313 e. The maximum absolute atomic E-state index is 10.5. The van der Waals surface area contributed by atoms with Crippen molar-refractivity contribution in [3.8, 4) is 0 Å². The number of aliphatic carboxylic acids is 1. The molecule has 0 unspecified atom stereocenters. The molecule has 0 saturated carbocycles. The van der Waals surface area contributed by atoms with E-state index in [0.717, 1.165) is 30.3 Å². The van der Waals surface area contributed by atoms with Crippen LogP contribution in [0.5, 0.6) is 0 Å². The van der Waals surface area contributed by atoms with Crippen LogP contribution in [0, 0.1) is 6.92 Å². The normalized spacial score (nSPS) is 10.8. The molecule has 0 aromatic carbocycles. The highest BCUT2D eigenvalue weighted by atomic mass is 32.2. The maximum atomic E-state index is 10.5. The first-order valence-corrected chi connectivity index (χ1v) is 7.08. The van der Waals surface area contributed by atoms with Crippen molar-refractivity contribution in [3.05, 3.63) is 11.9 Å². The van der Waals surface area contributed by atoms with Gasteiger partial charge in [0.25, 0.3) is 0 Å². The lowest BCUT2D eigenvalue weighted by Gasteiger charge is -2.07. The van der Waals surface area contributed by atoms with E-state index in [2.05, 4.69) is 11.9 Å². The van der Waals surface area contributed by atoms with Crippen molar-refractivity contribution in [2.24, 2.45) is 0 Å². The van der Waals surface area contributed by atoms with E-state index >= 15 is 0 Å². The fourth-order valence-electron chi connectivity index (χ4n) is 1.44. The summed E-state index contributed by atoms with van der Waals surface area (Å²) in [5.74, 6) is -0.793. The molecule has 0 aliphatic carbocycles. The third-order valence-corrected chi connectivity index (χ3v) is 3.28. The van der Waals surface area contributed by atoms with Gasteiger partial charge in [-0.1, -0.05) is 25.1 Å². The average Bonchev–Trinajstić information content (AvgIpc) is 2.67. The second-order valence-electron chi connectivity index (χ2n) is 4.01. The summed E-state index contributed by atoms with van der Waals surface area (Å²) in [7, 11) is 0.